The summed E-state index contributed by atoms with van der Waals surface area (Å²) < 4.78 is 1.85. The molecule has 0 saturated carbocycles. The van der Waals surface area contributed by atoms with Crippen molar-refractivity contribution in [2.24, 2.45) is 0 Å². The van der Waals surface area contributed by atoms with Crippen LogP contribution in [0.5, 0.6) is 0 Å². The number of anilines is 1. The molecular formula is C17H21ClN4O. The van der Waals surface area contributed by atoms with Gasteiger partial charge in [-0.05, 0) is 37.5 Å². The van der Waals surface area contributed by atoms with Gasteiger partial charge in [0.2, 0.25) is 5.91 Å². The van der Waals surface area contributed by atoms with Gasteiger partial charge in [0.25, 0.3) is 0 Å². The van der Waals surface area contributed by atoms with Crippen LogP contribution in [0.15, 0.2) is 36.7 Å². The summed E-state index contributed by atoms with van der Waals surface area (Å²) in [5, 5.41) is 8.31. The summed E-state index contributed by atoms with van der Waals surface area (Å²) in [6.07, 6.45) is 5.89. The highest BCUT2D eigenvalue weighted by molar-refractivity contribution is 6.30. The first kappa shape index (κ1) is 15.9. The molecule has 3 rings (SSSR count). The van der Waals surface area contributed by atoms with Crippen molar-refractivity contribution in [3.63, 3.8) is 0 Å². The predicted molar refractivity (Wildman–Crippen MR) is 91.7 cm³/mol. The van der Waals surface area contributed by atoms with E-state index in [1.807, 2.05) is 47.0 Å². The quantitative estimate of drug-likeness (QED) is 0.915. The number of likely N-dealkylation sites (tertiary alicyclic amines) is 1. The molecule has 6 heteroatoms. The number of halogens is 1. The van der Waals surface area contributed by atoms with E-state index < -0.39 is 0 Å². The van der Waals surface area contributed by atoms with Gasteiger partial charge < -0.3 is 10.2 Å². The zero-order valence-corrected chi connectivity index (χ0v) is 14.0. The largest absolute Gasteiger partial charge is 0.371 e. The van der Waals surface area contributed by atoms with E-state index in [4.69, 9.17) is 11.6 Å². The van der Waals surface area contributed by atoms with Crippen LogP contribution in [0.4, 0.5) is 5.69 Å². The van der Waals surface area contributed by atoms with Crippen LogP contribution in [0.2, 0.25) is 5.02 Å². The number of nitrogens with zero attached hydrogens (tertiary/aromatic N) is 3. The zero-order valence-electron chi connectivity index (χ0n) is 13.2. The Morgan fingerprint density at radius 1 is 1.30 bits per heavy atom. The van der Waals surface area contributed by atoms with E-state index >= 15 is 0 Å². The average Bonchev–Trinajstić information content (AvgIpc) is 3.21. The second-order valence-corrected chi connectivity index (χ2v) is 6.39. The summed E-state index contributed by atoms with van der Waals surface area (Å²) in [5.41, 5.74) is 1.99. The summed E-state index contributed by atoms with van der Waals surface area (Å²) in [4.78, 5) is 14.2. The Bertz CT molecular complexity index is 661. The smallest absolute Gasteiger partial charge is 0.244 e. The highest BCUT2D eigenvalue weighted by atomic mass is 35.5. The van der Waals surface area contributed by atoms with Crippen molar-refractivity contribution in [1.29, 1.82) is 0 Å². The van der Waals surface area contributed by atoms with Gasteiger partial charge in [0, 0.05) is 24.3 Å². The number of rotatable bonds is 5. The van der Waals surface area contributed by atoms with Crippen molar-refractivity contribution in [1.82, 2.24) is 14.7 Å². The molecule has 0 unspecified atom stereocenters. The first-order valence-electron chi connectivity index (χ1n) is 7.94. The van der Waals surface area contributed by atoms with E-state index in [-0.39, 0.29) is 11.9 Å². The lowest BCUT2D eigenvalue weighted by Crippen LogP contribution is -2.39. The molecule has 5 nitrogen and oxygen atoms in total. The number of benzene rings is 1. The molecule has 1 amide bonds. The Balaban J connectivity index is 1.58. The van der Waals surface area contributed by atoms with Crippen LogP contribution in [-0.4, -0.2) is 39.7 Å². The lowest BCUT2D eigenvalue weighted by atomic mass is 10.2. The van der Waals surface area contributed by atoms with Gasteiger partial charge >= 0.3 is 0 Å². The molecule has 2 heterocycles. The standard InChI is InChI=1S/C17H21ClN4O/c1-13(17(23)21-8-2-3-9-21)20-16-10-19-22(12-16)11-14-4-6-15(18)7-5-14/h4-7,10,12-13,20H,2-3,8-9,11H2,1H3/t13-/m1/s1. The lowest BCUT2D eigenvalue weighted by Gasteiger charge is -2.21. The summed E-state index contributed by atoms with van der Waals surface area (Å²) in [6, 6.07) is 7.47. The molecule has 1 atom stereocenters. The van der Waals surface area contributed by atoms with Gasteiger partial charge in [0.05, 0.1) is 18.4 Å². The molecule has 1 aliphatic rings. The molecule has 1 fully saturated rings. The van der Waals surface area contributed by atoms with Gasteiger partial charge in [-0.15, -0.1) is 0 Å². The van der Waals surface area contributed by atoms with E-state index in [9.17, 15) is 4.79 Å². The van der Waals surface area contributed by atoms with Crippen molar-refractivity contribution in [3.05, 3.63) is 47.2 Å². The Hall–Kier alpha value is -2.01. The summed E-state index contributed by atoms with van der Waals surface area (Å²) in [6.45, 7) is 4.33. The highest BCUT2D eigenvalue weighted by Gasteiger charge is 2.23. The van der Waals surface area contributed by atoms with Crippen molar-refractivity contribution in [2.75, 3.05) is 18.4 Å². The molecule has 0 radical (unpaired) electrons. The summed E-state index contributed by atoms with van der Waals surface area (Å²) >= 11 is 5.89. The molecule has 122 valence electrons. The van der Waals surface area contributed by atoms with Crippen LogP contribution < -0.4 is 5.32 Å². The number of aromatic nitrogens is 2. The molecule has 1 N–H and O–H groups in total. The average molecular weight is 333 g/mol. The van der Waals surface area contributed by atoms with Crippen molar-refractivity contribution < 1.29 is 4.79 Å². The number of nitrogens with one attached hydrogen (secondary N) is 1. The summed E-state index contributed by atoms with van der Waals surface area (Å²) in [7, 11) is 0. The van der Waals surface area contributed by atoms with Crippen molar-refractivity contribution >= 4 is 23.2 Å². The van der Waals surface area contributed by atoms with Gasteiger partial charge in [-0.25, -0.2) is 0 Å². The monoisotopic (exact) mass is 332 g/mol. The van der Waals surface area contributed by atoms with Gasteiger partial charge in [0.15, 0.2) is 0 Å². The lowest BCUT2D eigenvalue weighted by molar-refractivity contribution is -0.130. The minimum Gasteiger partial charge on any atom is -0.371 e. The van der Waals surface area contributed by atoms with Crippen LogP contribution in [0.3, 0.4) is 0 Å². The fraction of sp³-hybridized carbons (Fsp3) is 0.412. The van der Waals surface area contributed by atoms with Gasteiger partial charge in [-0.3, -0.25) is 9.48 Å². The maximum Gasteiger partial charge on any atom is 0.244 e. The third kappa shape index (κ3) is 4.05. The fourth-order valence-corrected chi connectivity index (χ4v) is 2.95. The zero-order chi connectivity index (χ0) is 16.2. The predicted octanol–water partition coefficient (Wildman–Crippen LogP) is 3.01. The number of hydrogen-bond acceptors (Lipinski definition) is 3. The third-order valence-corrected chi connectivity index (χ3v) is 4.31. The Morgan fingerprint density at radius 3 is 2.70 bits per heavy atom. The minimum atomic E-state index is -0.235. The minimum absolute atomic E-state index is 0.160. The summed E-state index contributed by atoms with van der Waals surface area (Å²) in [5.74, 6) is 0.160. The van der Waals surface area contributed by atoms with E-state index in [0.29, 0.717) is 6.54 Å². The molecule has 23 heavy (non-hydrogen) atoms. The van der Waals surface area contributed by atoms with E-state index in [1.54, 1.807) is 6.20 Å². The maximum atomic E-state index is 12.3. The molecule has 2 aromatic rings. The Morgan fingerprint density at radius 2 is 2.00 bits per heavy atom. The molecule has 0 spiro atoms. The van der Waals surface area contributed by atoms with E-state index in [1.165, 1.54) is 0 Å². The topological polar surface area (TPSA) is 50.2 Å². The van der Waals surface area contributed by atoms with Crippen LogP contribution >= 0.6 is 11.6 Å². The normalized spacial score (nSPS) is 15.7. The van der Waals surface area contributed by atoms with Gasteiger partial charge in [0.1, 0.15) is 6.04 Å². The third-order valence-electron chi connectivity index (χ3n) is 4.06. The van der Waals surface area contributed by atoms with Crippen LogP contribution in [0.1, 0.15) is 25.3 Å². The van der Waals surface area contributed by atoms with E-state index in [2.05, 4.69) is 10.4 Å². The Labute approximate surface area is 141 Å². The maximum absolute atomic E-state index is 12.3. The van der Waals surface area contributed by atoms with Gasteiger partial charge in [-0.1, -0.05) is 23.7 Å². The molecule has 0 bridgehead atoms. The first-order chi connectivity index (χ1) is 11.1. The molecule has 0 aliphatic carbocycles. The number of amides is 1. The van der Waals surface area contributed by atoms with Crippen LogP contribution in [0, 0.1) is 0 Å². The van der Waals surface area contributed by atoms with Gasteiger partial charge in [-0.2, -0.15) is 5.10 Å². The second kappa shape index (κ2) is 7.04. The molecular weight excluding hydrogens is 312 g/mol. The first-order valence-corrected chi connectivity index (χ1v) is 8.32. The Kier molecular flexibility index (Phi) is 4.86. The molecule has 1 aromatic heterocycles. The number of carbonyl (C=O) groups is 1. The van der Waals surface area contributed by atoms with Crippen molar-refractivity contribution in [2.45, 2.75) is 32.4 Å². The fourth-order valence-electron chi connectivity index (χ4n) is 2.82. The second-order valence-electron chi connectivity index (χ2n) is 5.95. The number of hydrogen-bond donors (Lipinski definition) is 1. The van der Waals surface area contributed by atoms with E-state index in [0.717, 1.165) is 42.2 Å². The number of carbonyl (C=O) groups excluding carboxylic acids is 1. The molecule has 1 aliphatic heterocycles. The van der Waals surface area contributed by atoms with Crippen LogP contribution in [-0.2, 0) is 11.3 Å². The van der Waals surface area contributed by atoms with Crippen molar-refractivity contribution in [3.8, 4) is 0 Å². The molecule has 1 aromatic carbocycles. The SMILES string of the molecule is C[C@@H](Nc1cnn(Cc2ccc(Cl)cc2)c1)C(=O)N1CCCC1. The van der Waals surface area contributed by atoms with Crippen LogP contribution in [0.25, 0.3) is 0 Å². The molecule has 1 saturated heterocycles. The highest BCUT2D eigenvalue weighted by Crippen LogP contribution is 2.14.